The van der Waals surface area contributed by atoms with Crippen LogP contribution in [0.4, 0.5) is 0 Å². The summed E-state index contributed by atoms with van der Waals surface area (Å²) in [6, 6.07) is 0. The van der Waals surface area contributed by atoms with Crippen LogP contribution in [-0.4, -0.2) is 35.0 Å². The molecule has 0 aromatic carbocycles. The molecule has 1 fully saturated rings. The van der Waals surface area contributed by atoms with E-state index in [2.05, 4.69) is 31.0 Å². The summed E-state index contributed by atoms with van der Waals surface area (Å²) in [5, 5.41) is 3.46. The first-order valence-corrected chi connectivity index (χ1v) is 9.87. The minimum Gasteiger partial charge on any atom is -0.339 e. The minimum absolute atomic E-state index is 0.00982. The van der Waals surface area contributed by atoms with Crippen LogP contribution in [0.25, 0.3) is 0 Å². The van der Waals surface area contributed by atoms with Gasteiger partial charge in [-0.3, -0.25) is 10.1 Å². The van der Waals surface area contributed by atoms with Crippen molar-refractivity contribution in [2.24, 2.45) is 0 Å². The summed E-state index contributed by atoms with van der Waals surface area (Å²) in [4.78, 5) is 14.6. The number of hydrogen-bond acceptors (Lipinski definition) is 2. The maximum Gasteiger partial charge on any atom is 0.242 e. The molecule has 1 heterocycles. The van der Waals surface area contributed by atoms with Crippen molar-refractivity contribution in [2.75, 3.05) is 13.1 Å². The maximum atomic E-state index is 12.5. The first-order valence-electron chi connectivity index (χ1n) is 9.87. The van der Waals surface area contributed by atoms with Crippen molar-refractivity contribution in [1.29, 1.82) is 0 Å². The van der Waals surface area contributed by atoms with Crippen LogP contribution in [0.3, 0.4) is 0 Å². The smallest absolute Gasteiger partial charge is 0.242 e. The Kier molecular flexibility index (Phi) is 8.60. The molecule has 23 heavy (non-hydrogen) atoms. The lowest BCUT2D eigenvalue weighted by Crippen LogP contribution is -2.69. The largest absolute Gasteiger partial charge is 0.339 e. The lowest BCUT2D eigenvalue weighted by Gasteiger charge is -2.47. The molecule has 1 aliphatic heterocycles. The van der Waals surface area contributed by atoms with Gasteiger partial charge in [0.15, 0.2) is 0 Å². The van der Waals surface area contributed by atoms with E-state index in [1.165, 1.54) is 57.8 Å². The molecular formula is C20H40N2O. The van der Waals surface area contributed by atoms with E-state index in [4.69, 9.17) is 0 Å². The molecule has 0 aliphatic carbocycles. The number of nitrogens with one attached hydrogen (secondary N) is 1. The van der Waals surface area contributed by atoms with Gasteiger partial charge >= 0.3 is 0 Å². The summed E-state index contributed by atoms with van der Waals surface area (Å²) in [5.74, 6) is 0.257. The number of carbonyl (C=O) groups is 1. The predicted octanol–water partition coefficient (Wildman–Crippen LogP) is 4.90. The van der Waals surface area contributed by atoms with Gasteiger partial charge in [0, 0.05) is 18.6 Å². The van der Waals surface area contributed by atoms with Crippen LogP contribution in [0.15, 0.2) is 0 Å². The monoisotopic (exact) mass is 324 g/mol. The lowest BCUT2D eigenvalue weighted by molar-refractivity contribution is -0.143. The molecule has 136 valence electrons. The van der Waals surface area contributed by atoms with Crippen LogP contribution in [0.5, 0.6) is 0 Å². The van der Waals surface area contributed by atoms with E-state index < -0.39 is 5.54 Å². The molecule has 0 aromatic rings. The third kappa shape index (κ3) is 7.69. The van der Waals surface area contributed by atoms with E-state index in [1.54, 1.807) is 0 Å². The Hall–Kier alpha value is -0.570. The van der Waals surface area contributed by atoms with Gasteiger partial charge in [0.2, 0.25) is 5.91 Å². The van der Waals surface area contributed by atoms with Crippen LogP contribution >= 0.6 is 0 Å². The summed E-state index contributed by atoms with van der Waals surface area (Å²) in [6.07, 6.45) is 13.4. The summed E-state index contributed by atoms with van der Waals surface area (Å²) in [7, 11) is 0. The zero-order chi connectivity index (χ0) is 17.3. The van der Waals surface area contributed by atoms with Gasteiger partial charge in [-0.05, 0) is 34.1 Å². The van der Waals surface area contributed by atoms with Gasteiger partial charge in [-0.15, -0.1) is 0 Å². The molecule has 0 unspecified atom stereocenters. The standard InChI is InChI=1S/C20H40N2O/c1-6-7-8-9-10-11-12-13-14-15-16-22-17-19(2,3)21-20(4,5)18(22)23/h21H,6-17H2,1-5H3. The van der Waals surface area contributed by atoms with Crippen molar-refractivity contribution < 1.29 is 4.79 Å². The highest BCUT2D eigenvalue weighted by Gasteiger charge is 2.42. The second kappa shape index (κ2) is 9.66. The van der Waals surface area contributed by atoms with Gasteiger partial charge < -0.3 is 4.90 Å². The van der Waals surface area contributed by atoms with Crippen molar-refractivity contribution in [3.63, 3.8) is 0 Å². The molecule has 1 amide bonds. The Labute approximate surface area is 144 Å². The Morgan fingerprint density at radius 2 is 1.35 bits per heavy atom. The fraction of sp³-hybridized carbons (Fsp3) is 0.950. The molecule has 3 heteroatoms. The van der Waals surface area contributed by atoms with Gasteiger partial charge in [-0.2, -0.15) is 0 Å². The topological polar surface area (TPSA) is 32.3 Å². The SMILES string of the molecule is CCCCCCCCCCCCN1CC(C)(C)NC(C)(C)C1=O. The third-order valence-electron chi connectivity index (χ3n) is 4.84. The predicted molar refractivity (Wildman–Crippen MR) is 99.7 cm³/mol. The van der Waals surface area contributed by atoms with Gasteiger partial charge in [0.25, 0.3) is 0 Å². The molecule has 1 rings (SSSR count). The van der Waals surface area contributed by atoms with Crippen molar-refractivity contribution in [3.8, 4) is 0 Å². The van der Waals surface area contributed by atoms with Crippen LogP contribution in [0.1, 0.15) is 98.8 Å². The zero-order valence-electron chi connectivity index (χ0n) is 16.3. The molecular weight excluding hydrogens is 284 g/mol. The number of rotatable bonds is 11. The molecule has 3 nitrogen and oxygen atoms in total. The van der Waals surface area contributed by atoms with Gasteiger partial charge in [-0.25, -0.2) is 0 Å². The highest BCUT2D eigenvalue weighted by Crippen LogP contribution is 2.22. The van der Waals surface area contributed by atoms with Crippen LogP contribution in [-0.2, 0) is 4.79 Å². The second-order valence-electron chi connectivity index (χ2n) is 8.54. The number of amides is 1. The van der Waals surface area contributed by atoms with Crippen molar-refractivity contribution in [1.82, 2.24) is 10.2 Å². The van der Waals surface area contributed by atoms with E-state index in [1.807, 2.05) is 13.8 Å². The lowest BCUT2D eigenvalue weighted by atomic mass is 9.90. The Morgan fingerprint density at radius 3 is 1.87 bits per heavy atom. The fourth-order valence-corrected chi connectivity index (χ4v) is 3.85. The number of nitrogens with zero attached hydrogens (tertiary/aromatic N) is 1. The Balaban J connectivity index is 2.12. The van der Waals surface area contributed by atoms with Crippen LogP contribution in [0.2, 0.25) is 0 Å². The first-order chi connectivity index (χ1) is 10.8. The molecule has 0 bridgehead atoms. The number of unbranched alkanes of at least 4 members (excludes halogenated alkanes) is 9. The Morgan fingerprint density at radius 1 is 0.870 bits per heavy atom. The second-order valence-corrected chi connectivity index (χ2v) is 8.54. The van der Waals surface area contributed by atoms with E-state index in [-0.39, 0.29) is 11.4 Å². The van der Waals surface area contributed by atoms with Gasteiger partial charge in [0.05, 0.1) is 5.54 Å². The van der Waals surface area contributed by atoms with Crippen molar-refractivity contribution in [2.45, 2.75) is 110 Å². The van der Waals surface area contributed by atoms with Gasteiger partial charge in [-0.1, -0.05) is 64.7 Å². The summed E-state index contributed by atoms with van der Waals surface area (Å²) < 4.78 is 0. The van der Waals surface area contributed by atoms with Crippen molar-refractivity contribution in [3.05, 3.63) is 0 Å². The molecule has 1 N–H and O–H groups in total. The first kappa shape index (κ1) is 20.5. The number of piperazine rings is 1. The minimum atomic E-state index is -0.430. The zero-order valence-corrected chi connectivity index (χ0v) is 16.3. The Bertz CT molecular complexity index is 350. The quantitative estimate of drug-likeness (QED) is 0.548. The number of hydrogen-bond donors (Lipinski definition) is 1. The molecule has 1 saturated heterocycles. The van der Waals surface area contributed by atoms with E-state index >= 15 is 0 Å². The molecule has 0 atom stereocenters. The average molecular weight is 325 g/mol. The van der Waals surface area contributed by atoms with E-state index in [0.29, 0.717) is 0 Å². The molecule has 0 saturated carbocycles. The summed E-state index contributed by atoms with van der Waals surface area (Å²) in [5.41, 5.74) is -0.420. The summed E-state index contributed by atoms with van der Waals surface area (Å²) >= 11 is 0. The maximum absolute atomic E-state index is 12.5. The van der Waals surface area contributed by atoms with Gasteiger partial charge in [0.1, 0.15) is 0 Å². The number of carbonyl (C=O) groups excluding carboxylic acids is 1. The highest BCUT2D eigenvalue weighted by molar-refractivity contribution is 5.86. The normalized spacial score (nSPS) is 20.0. The van der Waals surface area contributed by atoms with Crippen LogP contribution in [0, 0.1) is 0 Å². The van der Waals surface area contributed by atoms with Crippen molar-refractivity contribution >= 4 is 5.91 Å². The highest BCUT2D eigenvalue weighted by atomic mass is 16.2. The fourth-order valence-electron chi connectivity index (χ4n) is 3.85. The molecule has 0 aromatic heterocycles. The molecule has 0 radical (unpaired) electrons. The van der Waals surface area contributed by atoms with Crippen LogP contribution < -0.4 is 5.32 Å². The summed E-state index contributed by atoms with van der Waals surface area (Å²) in [6.45, 7) is 12.4. The van der Waals surface area contributed by atoms with E-state index in [0.717, 1.165) is 19.5 Å². The average Bonchev–Trinajstić information content (AvgIpc) is 2.44. The van der Waals surface area contributed by atoms with E-state index in [9.17, 15) is 4.79 Å². The third-order valence-corrected chi connectivity index (χ3v) is 4.84. The molecule has 1 aliphatic rings. The molecule has 0 spiro atoms.